The van der Waals surface area contributed by atoms with Gasteiger partial charge in [-0.1, -0.05) is 97.1 Å². The van der Waals surface area contributed by atoms with Crippen molar-refractivity contribution in [2.24, 2.45) is 0 Å². The number of carbonyl (C=O) groups excluding carboxylic acids is 2. The molecule has 3 aromatic rings. The van der Waals surface area contributed by atoms with Gasteiger partial charge in [0.15, 0.2) is 0 Å². The van der Waals surface area contributed by atoms with Gasteiger partial charge in [0.25, 0.3) is 0 Å². The Morgan fingerprint density at radius 1 is 0.778 bits per heavy atom. The topological polar surface area (TPSA) is 49.4 Å². The van der Waals surface area contributed by atoms with Crippen LogP contribution in [0.25, 0.3) is 0 Å². The van der Waals surface area contributed by atoms with Crippen molar-refractivity contribution in [3.63, 3.8) is 0 Å². The van der Waals surface area contributed by atoms with Gasteiger partial charge < -0.3 is 10.2 Å². The minimum absolute atomic E-state index is 0.0934. The van der Waals surface area contributed by atoms with Crippen molar-refractivity contribution in [1.29, 1.82) is 0 Å². The predicted molar refractivity (Wildman–Crippen MR) is 146 cm³/mol. The molecular formula is C30H32Cl2N2O2. The second kappa shape index (κ2) is 12.9. The molecule has 4 rings (SSSR count). The Bertz CT molecular complexity index is 1130. The minimum Gasteiger partial charge on any atom is -0.352 e. The molecule has 0 heterocycles. The van der Waals surface area contributed by atoms with Crippen LogP contribution in [0, 0.1) is 0 Å². The van der Waals surface area contributed by atoms with Gasteiger partial charge in [-0.05, 0) is 53.8 Å². The third-order valence-corrected chi connectivity index (χ3v) is 7.26. The van der Waals surface area contributed by atoms with Gasteiger partial charge in [0.2, 0.25) is 11.8 Å². The molecule has 1 aliphatic carbocycles. The lowest BCUT2D eigenvalue weighted by Gasteiger charge is -2.33. The lowest BCUT2D eigenvalue weighted by molar-refractivity contribution is -0.141. The van der Waals surface area contributed by atoms with Crippen LogP contribution < -0.4 is 5.32 Å². The highest BCUT2D eigenvalue weighted by Crippen LogP contribution is 2.21. The van der Waals surface area contributed by atoms with Crippen LogP contribution in [0.1, 0.15) is 48.8 Å². The minimum atomic E-state index is -0.634. The fourth-order valence-electron chi connectivity index (χ4n) is 4.76. The maximum absolute atomic E-state index is 13.8. The summed E-state index contributed by atoms with van der Waals surface area (Å²) in [5, 5.41) is 4.53. The summed E-state index contributed by atoms with van der Waals surface area (Å²) in [5.41, 5.74) is 2.80. The molecule has 1 unspecified atom stereocenters. The SMILES string of the molecule is O=C(NC1CCCCC1)C(Cc1ccccc1)N(Cc1ccc(Cl)cc1)C(=O)Cc1ccc(Cl)cc1. The normalized spacial score (nSPS) is 14.7. The molecule has 0 radical (unpaired) electrons. The van der Waals surface area contributed by atoms with Gasteiger partial charge in [-0.2, -0.15) is 0 Å². The second-order valence-electron chi connectivity index (χ2n) is 9.50. The van der Waals surface area contributed by atoms with E-state index in [9.17, 15) is 9.59 Å². The van der Waals surface area contributed by atoms with Crippen molar-refractivity contribution < 1.29 is 9.59 Å². The van der Waals surface area contributed by atoms with Gasteiger partial charge >= 0.3 is 0 Å². The summed E-state index contributed by atoms with van der Waals surface area (Å²) in [6.45, 7) is 0.319. The Balaban J connectivity index is 1.64. The van der Waals surface area contributed by atoms with Gasteiger partial charge in [-0.15, -0.1) is 0 Å². The van der Waals surface area contributed by atoms with Gasteiger partial charge in [-0.3, -0.25) is 9.59 Å². The zero-order chi connectivity index (χ0) is 25.3. The van der Waals surface area contributed by atoms with Crippen LogP contribution in [-0.4, -0.2) is 28.8 Å². The van der Waals surface area contributed by atoms with Crippen molar-refractivity contribution in [2.75, 3.05) is 0 Å². The maximum atomic E-state index is 13.8. The summed E-state index contributed by atoms with van der Waals surface area (Å²) in [7, 11) is 0. The number of hydrogen-bond donors (Lipinski definition) is 1. The number of halogens is 2. The zero-order valence-electron chi connectivity index (χ0n) is 20.3. The number of benzene rings is 3. The van der Waals surface area contributed by atoms with Crippen LogP contribution >= 0.6 is 23.2 Å². The number of hydrogen-bond acceptors (Lipinski definition) is 2. The van der Waals surface area contributed by atoms with Crippen molar-refractivity contribution >= 4 is 35.0 Å². The third kappa shape index (κ3) is 7.59. The summed E-state index contributed by atoms with van der Waals surface area (Å²) >= 11 is 12.2. The van der Waals surface area contributed by atoms with Crippen LogP contribution in [0.15, 0.2) is 78.9 Å². The lowest BCUT2D eigenvalue weighted by atomic mass is 9.94. The van der Waals surface area contributed by atoms with Crippen LogP contribution in [0.2, 0.25) is 10.0 Å². The number of rotatable bonds is 9. The van der Waals surface area contributed by atoms with Gasteiger partial charge in [0, 0.05) is 29.1 Å². The number of carbonyl (C=O) groups is 2. The van der Waals surface area contributed by atoms with E-state index in [1.807, 2.05) is 66.7 Å². The van der Waals surface area contributed by atoms with E-state index in [1.165, 1.54) is 6.42 Å². The van der Waals surface area contributed by atoms with Crippen molar-refractivity contribution in [1.82, 2.24) is 10.2 Å². The van der Waals surface area contributed by atoms with Crippen LogP contribution in [0.3, 0.4) is 0 Å². The number of nitrogens with one attached hydrogen (secondary N) is 1. The first kappa shape index (κ1) is 26.2. The average Bonchev–Trinajstić information content (AvgIpc) is 2.89. The number of nitrogens with zero attached hydrogens (tertiary/aromatic N) is 1. The molecular weight excluding hydrogens is 491 g/mol. The molecule has 1 aliphatic rings. The van der Waals surface area contributed by atoms with E-state index in [-0.39, 0.29) is 24.3 Å². The monoisotopic (exact) mass is 522 g/mol. The third-order valence-electron chi connectivity index (χ3n) is 6.76. The first-order valence-corrected chi connectivity index (χ1v) is 13.4. The zero-order valence-corrected chi connectivity index (χ0v) is 21.8. The van der Waals surface area contributed by atoms with E-state index in [0.717, 1.165) is 42.4 Å². The van der Waals surface area contributed by atoms with Gasteiger partial charge in [0.1, 0.15) is 6.04 Å². The molecule has 1 atom stereocenters. The van der Waals surface area contributed by atoms with Crippen LogP contribution in [-0.2, 0) is 29.0 Å². The highest BCUT2D eigenvalue weighted by atomic mass is 35.5. The molecule has 0 spiro atoms. The maximum Gasteiger partial charge on any atom is 0.243 e. The van der Waals surface area contributed by atoms with Crippen molar-refractivity contribution in [2.45, 2.75) is 63.6 Å². The molecule has 1 N–H and O–H groups in total. The van der Waals surface area contributed by atoms with Crippen molar-refractivity contribution in [3.8, 4) is 0 Å². The van der Waals surface area contributed by atoms with Gasteiger partial charge in [-0.25, -0.2) is 0 Å². The summed E-state index contributed by atoms with van der Waals surface area (Å²) in [6, 6.07) is 24.1. The Kier molecular flexibility index (Phi) is 9.43. The second-order valence-corrected chi connectivity index (χ2v) is 10.4. The number of amides is 2. The fraction of sp³-hybridized carbons (Fsp3) is 0.333. The average molecular weight is 524 g/mol. The first-order chi connectivity index (χ1) is 17.5. The molecule has 188 valence electrons. The Hall–Kier alpha value is -2.82. The van der Waals surface area contributed by atoms with E-state index in [0.29, 0.717) is 23.0 Å². The molecule has 0 bridgehead atoms. The van der Waals surface area contributed by atoms with Crippen LogP contribution in [0.4, 0.5) is 0 Å². The quantitative estimate of drug-likeness (QED) is 0.343. The molecule has 4 nitrogen and oxygen atoms in total. The highest BCUT2D eigenvalue weighted by molar-refractivity contribution is 6.30. The molecule has 6 heteroatoms. The van der Waals surface area contributed by atoms with E-state index in [4.69, 9.17) is 23.2 Å². The molecule has 1 fully saturated rings. The molecule has 0 aromatic heterocycles. The summed E-state index contributed by atoms with van der Waals surface area (Å²) in [4.78, 5) is 29.3. The van der Waals surface area contributed by atoms with Gasteiger partial charge in [0.05, 0.1) is 6.42 Å². The highest BCUT2D eigenvalue weighted by Gasteiger charge is 2.32. The Labute approximate surface area is 223 Å². The summed E-state index contributed by atoms with van der Waals surface area (Å²) in [6.07, 6.45) is 6.06. The van der Waals surface area contributed by atoms with E-state index < -0.39 is 6.04 Å². The summed E-state index contributed by atoms with van der Waals surface area (Å²) < 4.78 is 0. The molecule has 36 heavy (non-hydrogen) atoms. The smallest absolute Gasteiger partial charge is 0.243 e. The molecule has 0 aliphatic heterocycles. The molecule has 1 saturated carbocycles. The van der Waals surface area contributed by atoms with E-state index in [2.05, 4.69) is 5.32 Å². The van der Waals surface area contributed by atoms with Crippen LogP contribution in [0.5, 0.6) is 0 Å². The van der Waals surface area contributed by atoms with E-state index >= 15 is 0 Å². The predicted octanol–water partition coefficient (Wildman–Crippen LogP) is 6.62. The Morgan fingerprint density at radius 3 is 1.97 bits per heavy atom. The summed E-state index contributed by atoms with van der Waals surface area (Å²) in [5.74, 6) is -0.198. The lowest BCUT2D eigenvalue weighted by Crippen LogP contribution is -2.53. The molecule has 2 amide bonds. The Morgan fingerprint density at radius 2 is 1.36 bits per heavy atom. The first-order valence-electron chi connectivity index (χ1n) is 12.6. The van der Waals surface area contributed by atoms with Crippen molar-refractivity contribution in [3.05, 3.63) is 106 Å². The van der Waals surface area contributed by atoms with E-state index in [1.54, 1.807) is 17.0 Å². The largest absolute Gasteiger partial charge is 0.352 e. The standard InChI is InChI=1S/C30H32Cl2N2O2/c31-25-15-11-23(12-16-25)20-29(35)34(21-24-13-17-26(32)18-14-24)28(19-22-7-3-1-4-8-22)30(36)33-27-9-5-2-6-10-27/h1,3-4,7-8,11-18,27-28H,2,5-6,9-10,19-21H2,(H,33,36). The molecule has 0 saturated heterocycles. The molecule has 3 aromatic carbocycles. The fourth-order valence-corrected chi connectivity index (χ4v) is 5.02.